The van der Waals surface area contributed by atoms with Crippen molar-refractivity contribution in [2.45, 2.75) is 6.42 Å². The molecule has 1 aromatic heterocycles. The molecule has 0 unspecified atom stereocenters. The first-order valence-electron chi connectivity index (χ1n) is 6.41. The third-order valence-corrected chi connectivity index (χ3v) is 3.10. The Morgan fingerprint density at radius 2 is 1.42 bits per heavy atom. The molecule has 0 bridgehead atoms. The zero-order valence-electron chi connectivity index (χ0n) is 10.6. The van der Waals surface area contributed by atoms with Gasteiger partial charge in [-0.15, -0.1) is 0 Å². The molecule has 2 aromatic carbocycles. The molecular weight excluding hydrogens is 234 g/mol. The Bertz CT molecular complexity index is 591. The Morgan fingerprint density at radius 3 is 2.11 bits per heavy atom. The third-order valence-electron chi connectivity index (χ3n) is 3.10. The van der Waals surface area contributed by atoms with Gasteiger partial charge in [-0.3, -0.25) is 9.97 Å². The van der Waals surface area contributed by atoms with Crippen molar-refractivity contribution in [3.05, 3.63) is 66.5 Å². The van der Waals surface area contributed by atoms with E-state index in [2.05, 4.69) is 39.6 Å². The van der Waals surface area contributed by atoms with Crippen LogP contribution in [-0.4, -0.2) is 16.5 Å². The van der Waals surface area contributed by atoms with Crippen LogP contribution in [0.1, 0.15) is 5.56 Å². The highest BCUT2D eigenvalue weighted by atomic mass is 14.9. The summed E-state index contributed by atoms with van der Waals surface area (Å²) >= 11 is 0. The van der Waals surface area contributed by atoms with E-state index in [0.29, 0.717) is 0 Å². The number of para-hydroxylation sites is 3. The zero-order valence-corrected chi connectivity index (χ0v) is 10.6. The lowest BCUT2D eigenvalue weighted by atomic mass is 10.2. The molecule has 0 radical (unpaired) electrons. The highest BCUT2D eigenvalue weighted by molar-refractivity contribution is 5.72. The molecule has 1 aliphatic heterocycles. The topological polar surface area (TPSA) is 37.8 Å². The van der Waals surface area contributed by atoms with Crippen molar-refractivity contribution in [2.24, 2.45) is 0 Å². The van der Waals surface area contributed by atoms with E-state index in [1.54, 1.807) is 12.4 Å². The summed E-state index contributed by atoms with van der Waals surface area (Å²) in [6, 6.07) is 16.3. The van der Waals surface area contributed by atoms with Gasteiger partial charge in [0, 0.05) is 24.6 Å². The molecule has 3 aromatic rings. The van der Waals surface area contributed by atoms with E-state index in [1.165, 1.54) is 17.7 Å². The number of hydrogen-bond donors (Lipinski definition) is 1. The molecule has 0 saturated heterocycles. The van der Waals surface area contributed by atoms with Crippen molar-refractivity contribution in [1.82, 2.24) is 9.97 Å². The van der Waals surface area contributed by atoms with Crippen molar-refractivity contribution < 1.29 is 0 Å². The summed E-state index contributed by atoms with van der Waals surface area (Å²) in [7, 11) is 0. The first-order chi connectivity index (χ1) is 9.43. The average molecular weight is 249 g/mol. The molecule has 3 nitrogen and oxygen atoms in total. The molecule has 2 heterocycles. The van der Waals surface area contributed by atoms with E-state index in [1.807, 2.05) is 24.3 Å². The molecule has 0 spiro atoms. The van der Waals surface area contributed by atoms with Crippen LogP contribution in [0.5, 0.6) is 0 Å². The van der Waals surface area contributed by atoms with Crippen LogP contribution in [0, 0.1) is 0 Å². The van der Waals surface area contributed by atoms with Crippen LogP contribution in [0.4, 0.5) is 5.69 Å². The molecule has 4 rings (SSSR count). The summed E-state index contributed by atoms with van der Waals surface area (Å²) in [5.41, 5.74) is 4.67. The summed E-state index contributed by atoms with van der Waals surface area (Å²) < 4.78 is 0. The minimum atomic E-state index is 0.949. The van der Waals surface area contributed by atoms with Gasteiger partial charge in [0.05, 0.1) is 11.0 Å². The maximum absolute atomic E-state index is 4.12. The van der Waals surface area contributed by atoms with Crippen LogP contribution >= 0.6 is 0 Å². The second-order valence-corrected chi connectivity index (χ2v) is 4.38. The van der Waals surface area contributed by atoms with Crippen molar-refractivity contribution >= 4 is 16.7 Å². The fourth-order valence-electron chi connectivity index (χ4n) is 2.15. The summed E-state index contributed by atoms with van der Waals surface area (Å²) in [6.45, 7) is 1.11. The normalized spacial score (nSPS) is 12.2. The lowest BCUT2D eigenvalue weighted by Gasteiger charge is -1.94. The number of hydrogen-bond acceptors (Lipinski definition) is 3. The van der Waals surface area contributed by atoms with Gasteiger partial charge in [0.25, 0.3) is 0 Å². The number of fused-ring (bicyclic) bond motifs is 2. The fourth-order valence-corrected chi connectivity index (χ4v) is 2.15. The van der Waals surface area contributed by atoms with Crippen LogP contribution in [0.25, 0.3) is 11.0 Å². The maximum atomic E-state index is 4.12. The molecular formula is C16H15N3. The number of aromatic nitrogens is 2. The number of anilines is 1. The lowest BCUT2D eigenvalue weighted by Crippen LogP contribution is -1.90. The minimum absolute atomic E-state index is 0.949. The van der Waals surface area contributed by atoms with Gasteiger partial charge in [0.1, 0.15) is 0 Å². The van der Waals surface area contributed by atoms with Crippen molar-refractivity contribution in [1.29, 1.82) is 0 Å². The van der Waals surface area contributed by atoms with Crippen molar-refractivity contribution in [3.8, 4) is 0 Å². The molecule has 0 aliphatic carbocycles. The Kier molecular flexibility index (Phi) is 3.36. The van der Waals surface area contributed by atoms with E-state index in [0.717, 1.165) is 17.6 Å². The molecule has 0 saturated carbocycles. The molecule has 0 fully saturated rings. The van der Waals surface area contributed by atoms with Gasteiger partial charge in [-0.2, -0.15) is 0 Å². The Morgan fingerprint density at radius 1 is 0.789 bits per heavy atom. The third kappa shape index (κ3) is 2.71. The minimum Gasteiger partial charge on any atom is -0.384 e. The Hall–Kier alpha value is -2.42. The maximum Gasteiger partial charge on any atom is 0.0886 e. The molecule has 19 heavy (non-hydrogen) atoms. The summed E-state index contributed by atoms with van der Waals surface area (Å²) in [6.07, 6.45) is 4.58. The Labute approximate surface area is 112 Å². The lowest BCUT2D eigenvalue weighted by molar-refractivity contribution is 1.11. The number of benzene rings is 2. The summed E-state index contributed by atoms with van der Waals surface area (Å²) in [4.78, 5) is 8.24. The monoisotopic (exact) mass is 249 g/mol. The van der Waals surface area contributed by atoms with Crippen LogP contribution in [0.3, 0.4) is 0 Å². The standard InChI is InChI=1S/C8H6N2.C8H9N/c1-2-4-8-7(3-1)9-5-6-10-8;1-2-4-8-7(3-1)5-6-9-8/h1-6H;1-4,9H,5-6H2. The smallest absolute Gasteiger partial charge is 0.0886 e. The molecule has 94 valence electrons. The van der Waals surface area contributed by atoms with Gasteiger partial charge < -0.3 is 5.32 Å². The van der Waals surface area contributed by atoms with Crippen molar-refractivity contribution in [2.75, 3.05) is 11.9 Å². The van der Waals surface area contributed by atoms with E-state index >= 15 is 0 Å². The van der Waals surface area contributed by atoms with E-state index in [4.69, 9.17) is 0 Å². The molecule has 1 N–H and O–H groups in total. The average Bonchev–Trinajstić information content (AvgIpc) is 2.96. The first kappa shape index (κ1) is 11.7. The van der Waals surface area contributed by atoms with Gasteiger partial charge in [-0.25, -0.2) is 0 Å². The molecule has 0 atom stereocenters. The van der Waals surface area contributed by atoms with Gasteiger partial charge in [-0.1, -0.05) is 30.3 Å². The van der Waals surface area contributed by atoms with Gasteiger partial charge >= 0.3 is 0 Å². The van der Waals surface area contributed by atoms with Gasteiger partial charge in [0.2, 0.25) is 0 Å². The molecule has 3 heteroatoms. The summed E-state index contributed by atoms with van der Waals surface area (Å²) in [5.74, 6) is 0. The number of rotatable bonds is 0. The second-order valence-electron chi connectivity index (χ2n) is 4.38. The fraction of sp³-hybridized carbons (Fsp3) is 0.125. The highest BCUT2D eigenvalue weighted by Gasteiger charge is 2.05. The predicted molar refractivity (Wildman–Crippen MR) is 78.2 cm³/mol. The van der Waals surface area contributed by atoms with Gasteiger partial charge in [-0.05, 0) is 30.2 Å². The largest absolute Gasteiger partial charge is 0.384 e. The van der Waals surface area contributed by atoms with Crippen molar-refractivity contribution in [3.63, 3.8) is 0 Å². The van der Waals surface area contributed by atoms with E-state index in [-0.39, 0.29) is 0 Å². The second kappa shape index (κ2) is 5.48. The van der Waals surface area contributed by atoms with Crippen LogP contribution < -0.4 is 5.32 Å². The number of nitrogens with zero attached hydrogens (tertiary/aromatic N) is 2. The van der Waals surface area contributed by atoms with Crippen LogP contribution in [-0.2, 0) is 6.42 Å². The molecule has 0 amide bonds. The zero-order chi connectivity index (χ0) is 12.9. The van der Waals surface area contributed by atoms with E-state index < -0.39 is 0 Å². The number of nitrogens with one attached hydrogen (secondary N) is 1. The predicted octanol–water partition coefficient (Wildman–Crippen LogP) is 3.28. The summed E-state index contributed by atoms with van der Waals surface area (Å²) in [5, 5.41) is 3.30. The Balaban J connectivity index is 0.000000117. The van der Waals surface area contributed by atoms with E-state index in [9.17, 15) is 0 Å². The molecule has 1 aliphatic rings. The van der Waals surface area contributed by atoms with Gasteiger partial charge in [0.15, 0.2) is 0 Å². The van der Waals surface area contributed by atoms with Crippen LogP contribution in [0.15, 0.2) is 60.9 Å². The SMILES string of the molecule is c1ccc2c(c1)CCN2.c1ccc2nccnc2c1. The first-order valence-corrected chi connectivity index (χ1v) is 6.41. The quantitative estimate of drug-likeness (QED) is 0.664. The highest BCUT2D eigenvalue weighted by Crippen LogP contribution is 2.19. The van der Waals surface area contributed by atoms with Crippen LogP contribution in [0.2, 0.25) is 0 Å².